The van der Waals surface area contributed by atoms with Crippen molar-refractivity contribution in [3.63, 3.8) is 0 Å². The van der Waals surface area contributed by atoms with Crippen LogP contribution in [-0.4, -0.2) is 28.9 Å². The summed E-state index contributed by atoms with van der Waals surface area (Å²) in [6, 6.07) is 0. The number of allylic oxidation sites excluding steroid dienone is 2. The van der Waals surface area contributed by atoms with Crippen LogP contribution >= 0.6 is 7.92 Å². The van der Waals surface area contributed by atoms with Gasteiger partial charge in [-0.1, -0.05) is 131 Å². The molecule has 46 heavy (non-hydrogen) atoms. The van der Waals surface area contributed by atoms with Crippen LogP contribution in [0.3, 0.4) is 0 Å². The van der Waals surface area contributed by atoms with Gasteiger partial charge < -0.3 is 19.8 Å². The van der Waals surface area contributed by atoms with Crippen LogP contribution in [0, 0.1) is 10.8 Å². The first-order chi connectivity index (χ1) is 21.1. The van der Waals surface area contributed by atoms with Crippen molar-refractivity contribution < 1.29 is 40.2 Å². The third-order valence-electron chi connectivity index (χ3n) is 11.5. The molecule has 0 aromatic heterocycles. The van der Waals surface area contributed by atoms with Crippen molar-refractivity contribution in [2.45, 2.75) is 208 Å². The number of carboxylic acids is 2. The Kier molecular flexibility index (Phi) is 22.8. The molecule has 0 aromatic rings. The summed E-state index contributed by atoms with van der Waals surface area (Å²) in [5.74, 6) is -2.11. The van der Waals surface area contributed by atoms with E-state index in [4.69, 9.17) is 0 Å². The first-order valence-corrected chi connectivity index (χ1v) is 20.2. The zero-order chi connectivity index (χ0) is 34.2. The number of carbonyl (C=O) groups is 2. The predicted octanol–water partition coefficient (Wildman–Crippen LogP) is 10.3. The molecule has 3 fully saturated rings. The quantitative estimate of drug-likeness (QED) is 0.120. The van der Waals surface area contributed by atoms with Crippen molar-refractivity contribution in [1.82, 2.24) is 0 Å². The van der Waals surface area contributed by atoms with Gasteiger partial charge in [-0.25, -0.2) is 0 Å². The summed E-state index contributed by atoms with van der Waals surface area (Å²) < 4.78 is 0. The summed E-state index contributed by atoms with van der Waals surface area (Å²) in [6.45, 7) is 19.4. The second kappa shape index (κ2) is 23.0. The molecule has 0 N–H and O–H groups in total. The van der Waals surface area contributed by atoms with Crippen LogP contribution in [-0.2, 0) is 30.0 Å². The summed E-state index contributed by atoms with van der Waals surface area (Å²) in [6.07, 6.45) is 27.7. The largest absolute Gasteiger partial charge is 2.00 e. The van der Waals surface area contributed by atoms with E-state index < -0.39 is 11.9 Å². The average molecular weight is 753 g/mol. The van der Waals surface area contributed by atoms with Gasteiger partial charge in [0.25, 0.3) is 0 Å². The summed E-state index contributed by atoms with van der Waals surface area (Å²) in [7, 11) is 0.385. The van der Waals surface area contributed by atoms with Gasteiger partial charge in [-0.3, -0.25) is 0 Å². The van der Waals surface area contributed by atoms with E-state index in [-0.39, 0.29) is 31.3 Å². The normalized spacial score (nSPS) is 19.8. The molecule has 6 heteroatoms. The zero-order valence-electron chi connectivity index (χ0n) is 31.6. The molecule has 3 saturated carbocycles. The van der Waals surface area contributed by atoms with E-state index in [1.165, 1.54) is 36.2 Å². The Balaban J connectivity index is 0.000000677. The second-order valence-electron chi connectivity index (χ2n) is 15.7. The average Bonchev–Trinajstić information content (AvgIpc) is 3.01. The van der Waals surface area contributed by atoms with Gasteiger partial charge in [0, 0.05) is 0 Å². The fourth-order valence-corrected chi connectivity index (χ4v) is 12.7. The molecule has 0 bridgehead atoms. The molecule has 0 heterocycles. The number of rotatable bonds is 11. The van der Waals surface area contributed by atoms with Crippen molar-refractivity contribution in [3.8, 4) is 0 Å². The minimum atomic E-state index is -1.05. The van der Waals surface area contributed by atoms with Crippen LogP contribution in [0.1, 0.15) is 191 Å². The molecule has 0 aromatic carbocycles. The Hall–Kier alpha value is -0.488. The first-order valence-electron chi connectivity index (χ1n) is 18.7. The van der Waals surface area contributed by atoms with Gasteiger partial charge in [-0.2, -0.15) is 0 Å². The Morgan fingerprint density at radius 1 is 0.543 bits per heavy atom. The van der Waals surface area contributed by atoms with Crippen molar-refractivity contribution in [1.29, 1.82) is 0 Å². The molecule has 0 aliphatic heterocycles. The summed E-state index contributed by atoms with van der Waals surface area (Å²) in [5.41, 5.74) is 6.11. The van der Waals surface area contributed by atoms with Crippen LogP contribution < -0.4 is 10.2 Å². The second-order valence-corrected chi connectivity index (χ2v) is 18.8. The van der Waals surface area contributed by atoms with E-state index in [0.29, 0.717) is 19.1 Å². The number of aliphatic carboxylic acids is 2. The molecule has 0 unspecified atom stereocenters. The summed E-state index contributed by atoms with van der Waals surface area (Å²) >= 11 is 0. The van der Waals surface area contributed by atoms with Crippen LogP contribution in [0.15, 0.2) is 22.3 Å². The number of hydrogen-bond donors (Lipinski definition) is 0. The monoisotopic (exact) mass is 752 g/mol. The van der Waals surface area contributed by atoms with Gasteiger partial charge >= 0.3 is 20.4 Å². The minimum absolute atomic E-state index is 0. The van der Waals surface area contributed by atoms with Gasteiger partial charge in [0.1, 0.15) is 0 Å². The van der Waals surface area contributed by atoms with Crippen molar-refractivity contribution in [2.75, 3.05) is 0 Å². The molecular weight excluding hydrogens is 682 g/mol. The van der Waals surface area contributed by atoms with Crippen LogP contribution in [0.5, 0.6) is 0 Å². The topological polar surface area (TPSA) is 80.3 Å². The number of hydrogen-bond acceptors (Lipinski definition) is 4. The molecule has 0 spiro atoms. The fourth-order valence-electron chi connectivity index (χ4n) is 7.98. The maximum atomic E-state index is 10.6. The van der Waals surface area contributed by atoms with Gasteiger partial charge in [-0.05, 0) is 118 Å². The predicted molar refractivity (Wildman–Crippen MR) is 192 cm³/mol. The molecule has 3 rings (SSSR count). The third kappa shape index (κ3) is 15.4. The molecule has 0 radical (unpaired) electrons. The van der Waals surface area contributed by atoms with Gasteiger partial charge in [0.15, 0.2) is 0 Å². The smallest absolute Gasteiger partial charge is 0.545 e. The first kappa shape index (κ1) is 45.5. The molecule has 3 aliphatic carbocycles. The standard InChI is InChI=1S/C18H33P.2C11H20O2.Pd/c1-4-10-16(11-5-1)19(17-12-6-2-7-13-17)18-14-8-3-9-15-18;2*1-6-7-11(4,5)9(3)8(2)10(12)13;/h16-18H,1-15H2;2*6-7H2,1-5H3,(H,12,13);/q;;;+2/p-2. The Morgan fingerprint density at radius 3 is 0.978 bits per heavy atom. The van der Waals surface area contributed by atoms with E-state index in [2.05, 4.69) is 41.5 Å². The molecule has 0 atom stereocenters. The van der Waals surface area contributed by atoms with Gasteiger partial charge in [-0.15, -0.1) is 0 Å². The van der Waals surface area contributed by atoms with E-state index in [9.17, 15) is 19.8 Å². The molecule has 4 nitrogen and oxygen atoms in total. The van der Waals surface area contributed by atoms with Crippen LogP contribution in [0.4, 0.5) is 0 Å². The van der Waals surface area contributed by atoms with Gasteiger partial charge in [0.2, 0.25) is 0 Å². The minimum Gasteiger partial charge on any atom is -0.545 e. The maximum Gasteiger partial charge on any atom is 2.00 e. The Bertz CT molecular complexity index is 855. The molecule has 0 saturated heterocycles. The Morgan fingerprint density at radius 2 is 0.783 bits per heavy atom. The van der Waals surface area contributed by atoms with Gasteiger partial charge in [0.05, 0.1) is 11.9 Å². The number of carbonyl (C=O) groups excluding carboxylic acids is 2. The van der Waals surface area contributed by atoms with E-state index >= 15 is 0 Å². The van der Waals surface area contributed by atoms with E-state index in [1.807, 2.05) is 13.8 Å². The Labute approximate surface area is 300 Å². The van der Waals surface area contributed by atoms with Crippen molar-refractivity contribution in [3.05, 3.63) is 22.3 Å². The fraction of sp³-hybridized carbons (Fsp3) is 0.850. The molecule has 0 amide bonds. The number of carboxylic acid groups (broad SMARTS) is 2. The van der Waals surface area contributed by atoms with Crippen LogP contribution in [0.25, 0.3) is 0 Å². The summed E-state index contributed by atoms with van der Waals surface area (Å²) in [4.78, 5) is 21.2. The zero-order valence-corrected chi connectivity index (χ0v) is 34.0. The molecule has 270 valence electrons. The molecular formula is C40H71O4PPd. The van der Waals surface area contributed by atoms with E-state index in [0.717, 1.165) is 36.8 Å². The van der Waals surface area contributed by atoms with Crippen molar-refractivity contribution in [2.24, 2.45) is 10.8 Å². The summed E-state index contributed by atoms with van der Waals surface area (Å²) in [5, 5.41) is 21.2. The third-order valence-corrected chi connectivity index (χ3v) is 15.6. The SMILES string of the molecule is C1CCC(P(C2CCCCC2)C2CCCCC2)CC1.CCCC(C)(C)C(C)=C(C)C(=O)[O-].CCCC(C)(C)C(C)=C(C)C(=O)[O-].[Pd+2]. The van der Waals surface area contributed by atoms with E-state index in [1.54, 1.807) is 90.9 Å². The molecule has 3 aliphatic rings. The van der Waals surface area contributed by atoms with Crippen molar-refractivity contribution >= 4 is 19.9 Å². The van der Waals surface area contributed by atoms with Crippen LogP contribution in [0.2, 0.25) is 0 Å². The maximum absolute atomic E-state index is 10.6.